The Morgan fingerprint density at radius 2 is 1.21 bits per heavy atom. The van der Waals surface area contributed by atoms with Crippen LogP contribution in [0.2, 0.25) is 0 Å². The highest BCUT2D eigenvalue weighted by atomic mass is 16.5. The summed E-state index contributed by atoms with van der Waals surface area (Å²) in [5.41, 5.74) is 6.80. The Kier molecular flexibility index (Phi) is 6.77. The summed E-state index contributed by atoms with van der Waals surface area (Å²) in [4.78, 5) is 0. The SMILES string of the molecule is CCC(C)(Oc1c(C)cc(C)cc1C)C(C)(C)c1cc(C)c(OC(C)C)c(C)c1. The van der Waals surface area contributed by atoms with Crippen molar-refractivity contribution in [2.45, 2.75) is 99.7 Å². The van der Waals surface area contributed by atoms with Crippen LogP contribution in [0.1, 0.15) is 81.3 Å². The molecular weight excluding hydrogens is 356 g/mol. The summed E-state index contributed by atoms with van der Waals surface area (Å²) in [6.45, 7) is 23.9. The number of ether oxygens (including phenoxy) is 2. The Labute approximate surface area is 178 Å². The topological polar surface area (TPSA) is 18.5 Å². The van der Waals surface area contributed by atoms with E-state index in [0.717, 1.165) is 17.9 Å². The van der Waals surface area contributed by atoms with E-state index >= 15 is 0 Å². The minimum absolute atomic E-state index is 0.169. The van der Waals surface area contributed by atoms with Crippen LogP contribution in [-0.2, 0) is 5.41 Å². The second-order valence-corrected chi connectivity index (χ2v) is 9.65. The molecule has 0 aliphatic heterocycles. The highest BCUT2D eigenvalue weighted by Gasteiger charge is 2.44. The molecule has 1 unspecified atom stereocenters. The van der Waals surface area contributed by atoms with Gasteiger partial charge in [-0.3, -0.25) is 0 Å². The average molecular weight is 397 g/mol. The van der Waals surface area contributed by atoms with E-state index in [1.165, 1.54) is 33.4 Å². The van der Waals surface area contributed by atoms with Gasteiger partial charge in [0, 0.05) is 5.41 Å². The smallest absolute Gasteiger partial charge is 0.126 e. The molecule has 1 atom stereocenters. The first kappa shape index (κ1) is 23.3. The number of hydrogen-bond donors (Lipinski definition) is 0. The third-order valence-corrected chi connectivity index (χ3v) is 6.46. The van der Waals surface area contributed by atoms with Crippen molar-refractivity contribution >= 4 is 0 Å². The van der Waals surface area contributed by atoms with Crippen molar-refractivity contribution in [3.8, 4) is 11.5 Å². The fourth-order valence-corrected chi connectivity index (χ4v) is 4.23. The number of hydrogen-bond acceptors (Lipinski definition) is 2. The first-order valence-corrected chi connectivity index (χ1v) is 10.9. The molecule has 0 N–H and O–H groups in total. The molecule has 0 radical (unpaired) electrons. The van der Waals surface area contributed by atoms with Crippen LogP contribution < -0.4 is 9.47 Å². The van der Waals surface area contributed by atoms with Gasteiger partial charge < -0.3 is 9.47 Å². The van der Waals surface area contributed by atoms with E-state index in [0.29, 0.717) is 0 Å². The van der Waals surface area contributed by atoms with Gasteiger partial charge >= 0.3 is 0 Å². The molecule has 0 saturated carbocycles. The lowest BCUT2D eigenvalue weighted by molar-refractivity contribution is 0.0125. The fourth-order valence-electron chi connectivity index (χ4n) is 4.23. The summed E-state index contributed by atoms with van der Waals surface area (Å²) < 4.78 is 12.9. The Bertz CT molecular complexity index is 830. The van der Waals surface area contributed by atoms with Crippen LogP contribution in [0.25, 0.3) is 0 Å². The molecule has 0 fully saturated rings. The fraction of sp³-hybridized carbons (Fsp3) is 0.556. The summed E-state index contributed by atoms with van der Waals surface area (Å²) in [6, 6.07) is 8.96. The average Bonchev–Trinajstić information content (AvgIpc) is 2.60. The van der Waals surface area contributed by atoms with E-state index in [1.54, 1.807) is 0 Å². The quantitative estimate of drug-likeness (QED) is 0.481. The van der Waals surface area contributed by atoms with E-state index in [4.69, 9.17) is 9.47 Å². The molecule has 0 spiro atoms. The van der Waals surface area contributed by atoms with Gasteiger partial charge in [0.15, 0.2) is 0 Å². The molecule has 0 aliphatic carbocycles. The Morgan fingerprint density at radius 1 is 0.759 bits per heavy atom. The van der Waals surface area contributed by atoms with E-state index in [-0.39, 0.29) is 17.1 Å². The van der Waals surface area contributed by atoms with Crippen LogP contribution in [0.15, 0.2) is 24.3 Å². The van der Waals surface area contributed by atoms with Crippen molar-refractivity contribution in [1.82, 2.24) is 0 Å². The maximum atomic E-state index is 6.83. The van der Waals surface area contributed by atoms with Gasteiger partial charge in [-0.15, -0.1) is 0 Å². The molecular formula is C27H40O2. The molecule has 0 bridgehead atoms. The van der Waals surface area contributed by atoms with E-state index in [2.05, 4.69) is 100 Å². The third kappa shape index (κ3) is 4.63. The monoisotopic (exact) mass is 396 g/mol. The Morgan fingerprint density at radius 3 is 1.62 bits per heavy atom. The molecule has 2 aromatic carbocycles. The van der Waals surface area contributed by atoms with Crippen molar-refractivity contribution in [2.75, 3.05) is 0 Å². The molecule has 2 aromatic rings. The summed E-state index contributed by atoms with van der Waals surface area (Å²) in [5.74, 6) is 2.02. The standard InChI is InChI=1S/C27H40O2/c1-12-27(11,29-25-19(5)13-18(4)14-20(25)6)26(9,10)23-15-21(7)24(22(8)16-23)28-17(2)3/h13-17H,12H2,1-11H3. The van der Waals surface area contributed by atoms with Gasteiger partial charge in [-0.25, -0.2) is 0 Å². The maximum Gasteiger partial charge on any atom is 0.126 e. The van der Waals surface area contributed by atoms with Crippen molar-refractivity contribution in [3.63, 3.8) is 0 Å². The second kappa shape index (κ2) is 8.42. The zero-order valence-electron chi connectivity index (χ0n) is 20.4. The van der Waals surface area contributed by atoms with Crippen LogP contribution in [0.5, 0.6) is 11.5 Å². The molecule has 2 heteroatoms. The molecule has 0 heterocycles. The highest BCUT2D eigenvalue weighted by Crippen LogP contribution is 2.43. The van der Waals surface area contributed by atoms with Gasteiger partial charge in [-0.1, -0.05) is 50.6 Å². The lowest BCUT2D eigenvalue weighted by Crippen LogP contribution is -2.50. The molecule has 0 saturated heterocycles. The number of benzene rings is 2. The van der Waals surface area contributed by atoms with E-state index < -0.39 is 0 Å². The van der Waals surface area contributed by atoms with Crippen molar-refractivity contribution in [1.29, 1.82) is 0 Å². The first-order valence-electron chi connectivity index (χ1n) is 10.9. The molecule has 29 heavy (non-hydrogen) atoms. The summed E-state index contributed by atoms with van der Waals surface area (Å²) in [6.07, 6.45) is 1.08. The predicted octanol–water partition coefficient (Wildman–Crippen LogP) is 7.54. The van der Waals surface area contributed by atoms with Gasteiger partial charge in [-0.05, 0) is 89.6 Å². The maximum absolute atomic E-state index is 6.83. The zero-order valence-corrected chi connectivity index (χ0v) is 20.4. The first-order chi connectivity index (χ1) is 13.3. The van der Waals surface area contributed by atoms with Crippen LogP contribution in [0, 0.1) is 34.6 Å². The van der Waals surface area contributed by atoms with E-state index in [9.17, 15) is 0 Å². The minimum atomic E-state index is -0.350. The van der Waals surface area contributed by atoms with Crippen molar-refractivity contribution in [3.05, 3.63) is 57.6 Å². The van der Waals surface area contributed by atoms with Crippen molar-refractivity contribution < 1.29 is 9.47 Å². The second-order valence-electron chi connectivity index (χ2n) is 9.65. The van der Waals surface area contributed by atoms with Gasteiger partial charge in [-0.2, -0.15) is 0 Å². The summed E-state index contributed by atoms with van der Waals surface area (Å²) in [5, 5.41) is 0. The van der Waals surface area contributed by atoms with Gasteiger partial charge in [0.1, 0.15) is 17.1 Å². The molecule has 0 aliphatic rings. The van der Waals surface area contributed by atoms with Gasteiger partial charge in [0.25, 0.3) is 0 Å². The number of rotatable bonds is 7. The van der Waals surface area contributed by atoms with Gasteiger partial charge in [0.2, 0.25) is 0 Å². The van der Waals surface area contributed by atoms with Gasteiger partial charge in [0.05, 0.1) is 6.10 Å². The van der Waals surface area contributed by atoms with Crippen LogP contribution in [0.3, 0.4) is 0 Å². The van der Waals surface area contributed by atoms with Crippen molar-refractivity contribution in [2.24, 2.45) is 0 Å². The number of aryl methyl sites for hydroxylation is 5. The Hall–Kier alpha value is -1.96. The third-order valence-electron chi connectivity index (χ3n) is 6.46. The predicted molar refractivity (Wildman–Crippen MR) is 125 cm³/mol. The Balaban J connectivity index is 2.51. The van der Waals surface area contributed by atoms with E-state index in [1.807, 2.05) is 0 Å². The largest absolute Gasteiger partial charge is 0.490 e. The summed E-state index contributed by atoms with van der Waals surface area (Å²) in [7, 11) is 0. The lowest BCUT2D eigenvalue weighted by Gasteiger charge is -2.45. The minimum Gasteiger partial charge on any atom is -0.490 e. The highest BCUT2D eigenvalue weighted by molar-refractivity contribution is 5.47. The van der Waals surface area contributed by atoms with Crippen LogP contribution >= 0.6 is 0 Å². The molecule has 0 aromatic heterocycles. The van der Waals surface area contributed by atoms with Crippen LogP contribution in [-0.4, -0.2) is 11.7 Å². The van der Waals surface area contributed by atoms with Crippen LogP contribution in [0.4, 0.5) is 0 Å². The molecule has 2 rings (SSSR count). The normalized spacial score (nSPS) is 14.1. The molecule has 2 nitrogen and oxygen atoms in total. The molecule has 0 amide bonds. The lowest BCUT2D eigenvalue weighted by atomic mass is 9.69. The zero-order chi connectivity index (χ0) is 22.1. The molecule has 160 valence electrons. The summed E-state index contributed by atoms with van der Waals surface area (Å²) >= 11 is 0.